The van der Waals surface area contributed by atoms with Crippen molar-refractivity contribution in [3.63, 3.8) is 0 Å². The number of aromatic nitrogens is 1. The second-order valence-electron chi connectivity index (χ2n) is 11.9. The molecule has 0 spiro atoms. The molecule has 9 nitrogen and oxygen atoms in total. The summed E-state index contributed by atoms with van der Waals surface area (Å²) in [5, 5.41) is 10.6. The van der Waals surface area contributed by atoms with Gasteiger partial charge in [0.2, 0.25) is 0 Å². The second kappa shape index (κ2) is 11.7. The molecular weight excluding hydrogens is 534 g/mol. The Morgan fingerprint density at radius 3 is 2.29 bits per heavy atom. The molecule has 0 bridgehead atoms. The number of carbonyl (C=O) groups excluding carboxylic acids is 2. The third-order valence-corrected chi connectivity index (χ3v) is 8.31. The van der Waals surface area contributed by atoms with E-state index in [0.717, 1.165) is 22.3 Å². The number of aliphatic hydroxyl groups is 1. The maximum atomic E-state index is 13.4. The fraction of sp³-hybridized carbons (Fsp3) is 0.424. The van der Waals surface area contributed by atoms with Crippen molar-refractivity contribution in [2.75, 3.05) is 19.8 Å². The van der Waals surface area contributed by atoms with Gasteiger partial charge in [-0.2, -0.15) is 0 Å². The maximum Gasteiger partial charge on any atom is 0.411 e. The first kappa shape index (κ1) is 29.5. The molecule has 2 fully saturated rings. The number of hydrogen-bond acceptors (Lipinski definition) is 7. The first-order valence-corrected chi connectivity index (χ1v) is 14.4. The molecule has 5 rings (SSSR count). The molecule has 2 atom stereocenters. The van der Waals surface area contributed by atoms with Crippen molar-refractivity contribution in [3.8, 4) is 11.1 Å². The summed E-state index contributed by atoms with van der Waals surface area (Å²) in [5.74, 6) is 0. The van der Waals surface area contributed by atoms with Crippen LogP contribution in [-0.4, -0.2) is 52.5 Å². The highest BCUT2D eigenvalue weighted by Gasteiger charge is 2.46. The van der Waals surface area contributed by atoms with Crippen molar-refractivity contribution in [1.29, 1.82) is 0 Å². The van der Waals surface area contributed by atoms with Gasteiger partial charge in [0.15, 0.2) is 5.60 Å². The van der Waals surface area contributed by atoms with Crippen molar-refractivity contribution in [2.24, 2.45) is 5.73 Å². The van der Waals surface area contributed by atoms with Gasteiger partial charge in [-0.25, -0.2) is 9.59 Å². The van der Waals surface area contributed by atoms with Gasteiger partial charge in [0.1, 0.15) is 5.60 Å². The zero-order valence-electron chi connectivity index (χ0n) is 24.4. The third kappa shape index (κ3) is 6.27. The molecule has 3 heterocycles. The first-order valence-electron chi connectivity index (χ1n) is 14.4. The molecule has 0 radical (unpaired) electrons. The largest absolute Gasteiger partial charge is 0.438 e. The van der Waals surface area contributed by atoms with Gasteiger partial charge in [-0.3, -0.25) is 4.98 Å². The number of nitrogens with zero attached hydrogens (tertiary/aromatic N) is 2. The van der Waals surface area contributed by atoms with Crippen LogP contribution in [0.2, 0.25) is 0 Å². The summed E-state index contributed by atoms with van der Waals surface area (Å²) < 4.78 is 17.1. The second-order valence-corrected chi connectivity index (χ2v) is 11.9. The number of cyclic esters (lactones) is 1. The van der Waals surface area contributed by atoms with Crippen LogP contribution in [0.5, 0.6) is 0 Å². The lowest BCUT2D eigenvalue weighted by Crippen LogP contribution is -2.51. The van der Waals surface area contributed by atoms with Gasteiger partial charge in [-0.1, -0.05) is 60.7 Å². The van der Waals surface area contributed by atoms with Gasteiger partial charge in [0, 0.05) is 44.0 Å². The smallest absolute Gasteiger partial charge is 0.411 e. The van der Waals surface area contributed by atoms with Gasteiger partial charge in [-0.15, -0.1) is 0 Å². The van der Waals surface area contributed by atoms with Crippen LogP contribution in [-0.2, 0) is 25.4 Å². The minimum atomic E-state index is -1.01. The fourth-order valence-corrected chi connectivity index (χ4v) is 6.16. The Hall–Kier alpha value is -3.95. The topological polar surface area (TPSA) is 124 Å². The molecule has 2 aliphatic rings. The van der Waals surface area contributed by atoms with Crippen molar-refractivity contribution >= 4 is 12.2 Å². The molecule has 0 unspecified atom stereocenters. The lowest BCUT2D eigenvalue weighted by Gasteiger charge is -2.45. The number of hydrogen-bond donors (Lipinski definition) is 2. The number of ether oxygens (including phenoxy) is 3. The van der Waals surface area contributed by atoms with E-state index in [1.165, 1.54) is 0 Å². The minimum absolute atomic E-state index is 0.206. The van der Waals surface area contributed by atoms with Crippen LogP contribution in [0.3, 0.4) is 0 Å². The molecule has 2 aliphatic heterocycles. The predicted molar refractivity (Wildman–Crippen MR) is 157 cm³/mol. The number of pyridine rings is 1. The quantitative estimate of drug-likeness (QED) is 0.348. The van der Waals surface area contributed by atoms with Crippen LogP contribution >= 0.6 is 0 Å². The van der Waals surface area contributed by atoms with Crippen LogP contribution in [0, 0.1) is 0 Å². The van der Waals surface area contributed by atoms with Crippen LogP contribution in [0.4, 0.5) is 9.59 Å². The van der Waals surface area contributed by atoms with Gasteiger partial charge >= 0.3 is 12.2 Å². The summed E-state index contributed by atoms with van der Waals surface area (Å²) in [6, 6.07) is 21.3. The summed E-state index contributed by atoms with van der Waals surface area (Å²) in [4.78, 5) is 31.4. The Bertz CT molecular complexity index is 1380. The number of amides is 2. The molecular formula is C33H39N3O6. The molecule has 3 N–H and O–H groups in total. The van der Waals surface area contributed by atoms with E-state index >= 15 is 0 Å². The Kier molecular flexibility index (Phi) is 8.25. The lowest BCUT2D eigenvalue weighted by molar-refractivity contribution is -0.101. The van der Waals surface area contributed by atoms with Crippen LogP contribution in [0.15, 0.2) is 72.9 Å². The van der Waals surface area contributed by atoms with E-state index in [2.05, 4.69) is 4.98 Å². The molecule has 9 heteroatoms. The van der Waals surface area contributed by atoms with E-state index in [0.29, 0.717) is 51.1 Å². The first-order chi connectivity index (χ1) is 20.0. The lowest BCUT2D eigenvalue weighted by atomic mass is 9.80. The highest BCUT2D eigenvalue weighted by atomic mass is 16.6. The van der Waals surface area contributed by atoms with Gasteiger partial charge in [0.05, 0.1) is 30.6 Å². The zero-order chi connectivity index (χ0) is 30.0. The van der Waals surface area contributed by atoms with Gasteiger partial charge < -0.3 is 30.0 Å². The Balaban J connectivity index is 1.30. The molecule has 0 aliphatic carbocycles. The normalized spacial score (nSPS) is 21.3. The number of primary amides is 1. The monoisotopic (exact) mass is 573 g/mol. The number of benzene rings is 2. The summed E-state index contributed by atoms with van der Waals surface area (Å²) in [6.45, 7) is 6.90. The predicted octanol–water partition coefficient (Wildman–Crippen LogP) is 5.81. The summed E-state index contributed by atoms with van der Waals surface area (Å²) in [7, 11) is 0. The molecule has 1 aromatic heterocycles. The van der Waals surface area contributed by atoms with E-state index in [4.69, 9.17) is 19.9 Å². The summed E-state index contributed by atoms with van der Waals surface area (Å²) in [5.41, 5.74) is 6.99. The fourth-order valence-electron chi connectivity index (χ4n) is 6.16. The molecule has 2 amide bonds. The summed E-state index contributed by atoms with van der Waals surface area (Å²) >= 11 is 0. The SMILES string of the molecule is C[C@@H](c1ccc(-c2ccc(C3(OC(N)=O)CCOCC3)nc2)cc1)N1CC[C@](CC(C)(C)O)(c2ccccc2)OC1=O. The van der Waals surface area contributed by atoms with Crippen molar-refractivity contribution < 1.29 is 28.9 Å². The Morgan fingerprint density at radius 1 is 1.05 bits per heavy atom. The van der Waals surface area contributed by atoms with Gasteiger partial charge in [0.25, 0.3) is 0 Å². The molecule has 2 saturated heterocycles. The van der Waals surface area contributed by atoms with Crippen molar-refractivity contribution in [2.45, 2.75) is 69.3 Å². The van der Waals surface area contributed by atoms with E-state index in [-0.39, 0.29) is 6.04 Å². The van der Waals surface area contributed by atoms with Crippen LogP contribution in [0.1, 0.15) is 69.3 Å². The average molecular weight is 574 g/mol. The minimum Gasteiger partial charge on any atom is -0.438 e. The average Bonchev–Trinajstić information content (AvgIpc) is 2.97. The zero-order valence-corrected chi connectivity index (χ0v) is 24.4. The maximum absolute atomic E-state index is 13.4. The van der Waals surface area contributed by atoms with E-state index < -0.39 is 29.0 Å². The van der Waals surface area contributed by atoms with E-state index in [9.17, 15) is 14.7 Å². The molecule has 222 valence electrons. The molecule has 3 aromatic rings. The number of rotatable bonds is 8. The molecule has 0 saturated carbocycles. The van der Waals surface area contributed by atoms with Crippen molar-refractivity contribution in [3.05, 3.63) is 89.7 Å². The highest BCUT2D eigenvalue weighted by Crippen LogP contribution is 2.42. The van der Waals surface area contributed by atoms with E-state index in [1.54, 1.807) is 24.9 Å². The van der Waals surface area contributed by atoms with Crippen LogP contribution in [0.25, 0.3) is 11.1 Å². The van der Waals surface area contributed by atoms with Crippen molar-refractivity contribution in [1.82, 2.24) is 9.88 Å². The standard InChI is InChI=1S/C33H39N3O6/c1-23(36-18-15-33(42-30(36)38,22-31(2,3)39)27-7-5-4-6-8-27)24-9-11-25(12-10-24)26-13-14-28(35-21-26)32(41-29(34)37)16-19-40-20-17-32/h4-14,21,23,39H,15-20,22H2,1-3H3,(H2,34,37)/t23-,33-/m0/s1. The third-order valence-electron chi connectivity index (χ3n) is 8.31. The molecule has 42 heavy (non-hydrogen) atoms. The highest BCUT2D eigenvalue weighted by molar-refractivity contribution is 5.70. The Labute approximate surface area is 246 Å². The van der Waals surface area contributed by atoms with E-state index in [1.807, 2.05) is 73.7 Å². The summed E-state index contributed by atoms with van der Waals surface area (Å²) in [6.07, 6.45) is 2.42. The van der Waals surface area contributed by atoms with Gasteiger partial charge in [-0.05, 0) is 43.5 Å². The Morgan fingerprint density at radius 2 is 1.71 bits per heavy atom. The van der Waals surface area contributed by atoms with Crippen LogP contribution < -0.4 is 5.73 Å². The molecule has 2 aromatic carbocycles. The number of carbonyl (C=O) groups is 2. The number of nitrogens with two attached hydrogens (primary N) is 1.